The van der Waals surface area contributed by atoms with Crippen LogP contribution in [0.5, 0.6) is 23.0 Å². The van der Waals surface area contributed by atoms with E-state index in [0.717, 1.165) is 22.4 Å². The monoisotopic (exact) mass is 867 g/mol. The lowest BCUT2D eigenvalue weighted by Gasteiger charge is -2.29. The average molecular weight is 868 g/mol. The summed E-state index contributed by atoms with van der Waals surface area (Å²) < 4.78 is 28.9. The quantitative estimate of drug-likeness (QED) is 0.0411. The minimum atomic E-state index is -0.717. The normalized spacial score (nSPS) is 14.8. The molecule has 0 aliphatic carbocycles. The Morgan fingerprint density at radius 3 is 2.22 bits per heavy atom. The molecule has 0 spiro atoms. The molecule has 64 heavy (non-hydrogen) atoms. The molecule has 0 aromatic heterocycles. The van der Waals surface area contributed by atoms with Crippen LogP contribution in [-0.2, 0) is 45.2 Å². The van der Waals surface area contributed by atoms with Crippen LogP contribution in [0.25, 0.3) is 0 Å². The molecule has 3 aliphatic rings. The Morgan fingerprint density at radius 2 is 1.50 bits per heavy atom. The predicted octanol–water partition coefficient (Wildman–Crippen LogP) is 6.70. The van der Waals surface area contributed by atoms with Crippen molar-refractivity contribution in [2.45, 2.75) is 44.9 Å². The molecule has 17 heteroatoms. The van der Waals surface area contributed by atoms with Gasteiger partial charge in [0.1, 0.15) is 24.9 Å². The summed E-state index contributed by atoms with van der Waals surface area (Å²) in [5.41, 5.74) is 12.1. The number of para-hydroxylation sites is 2. The Balaban J connectivity index is 1.05. The maximum atomic E-state index is 14.1. The highest BCUT2D eigenvalue weighted by atomic mass is 16.5. The molecule has 0 bridgehead atoms. The van der Waals surface area contributed by atoms with Gasteiger partial charge in [-0.2, -0.15) is 0 Å². The van der Waals surface area contributed by atoms with E-state index >= 15 is 0 Å². The molecule has 328 valence electrons. The Labute approximate surface area is 368 Å². The van der Waals surface area contributed by atoms with Crippen LogP contribution >= 0.6 is 0 Å². The molecule has 3 aliphatic heterocycles. The lowest BCUT2D eigenvalue weighted by atomic mass is 10.1. The molecular formula is C47H45N7O10. The zero-order valence-electron chi connectivity index (χ0n) is 35.3. The van der Waals surface area contributed by atoms with E-state index in [1.807, 2.05) is 66.7 Å². The van der Waals surface area contributed by atoms with E-state index in [0.29, 0.717) is 66.5 Å². The highest BCUT2D eigenvalue weighted by Crippen LogP contribution is 2.41. The minimum absolute atomic E-state index is 0.0205. The molecule has 3 N–H and O–H groups in total. The molecular weight excluding hydrogens is 823 g/mol. The molecule has 0 saturated carbocycles. The van der Waals surface area contributed by atoms with Gasteiger partial charge in [0.25, 0.3) is 24.1 Å². The first kappa shape index (κ1) is 42.7. The van der Waals surface area contributed by atoms with E-state index in [9.17, 15) is 24.0 Å². The van der Waals surface area contributed by atoms with Crippen molar-refractivity contribution < 1.29 is 47.7 Å². The van der Waals surface area contributed by atoms with Crippen molar-refractivity contribution in [3.8, 4) is 23.0 Å². The van der Waals surface area contributed by atoms with Gasteiger partial charge in [-0.1, -0.05) is 36.4 Å². The number of rotatable bonds is 16. The molecule has 0 radical (unpaired) electrons. The lowest BCUT2D eigenvalue weighted by molar-refractivity contribution is -0.140. The summed E-state index contributed by atoms with van der Waals surface area (Å²) in [4.78, 5) is 67.6. The van der Waals surface area contributed by atoms with Crippen molar-refractivity contribution in [1.82, 2.24) is 5.43 Å². The fourth-order valence-electron chi connectivity index (χ4n) is 8.08. The number of anilines is 4. The van der Waals surface area contributed by atoms with Crippen LogP contribution in [0.4, 0.5) is 28.4 Å². The van der Waals surface area contributed by atoms with E-state index in [-0.39, 0.29) is 78.0 Å². The first-order chi connectivity index (χ1) is 31.2. The number of nitrogens with one attached hydrogen (secondary N) is 3. The van der Waals surface area contributed by atoms with Gasteiger partial charge in [-0.15, -0.1) is 10.2 Å². The van der Waals surface area contributed by atoms with Crippen LogP contribution < -0.4 is 44.9 Å². The zero-order chi connectivity index (χ0) is 44.7. The van der Waals surface area contributed by atoms with Crippen molar-refractivity contribution >= 4 is 58.5 Å². The third-order valence-corrected chi connectivity index (χ3v) is 11.2. The average Bonchev–Trinajstić information content (AvgIpc) is 3.94. The molecule has 17 nitrogen and oxygen atoms in total. The summed E-state index contributed by atoms with van der Waals surface area (Å²) in [6.45, 7) is 0.997. The third-order valence-electron chi connectivity index (χ3n) is 11.2. The number of esters is 1. The number of azo groups is 1. The van der Waals surface area contributed by atoms with Gasteiger partial charge in [0.2, 0.25) is 0 Å². The number of carbonyl (C=O) groups excluding carboxylic acids is 5. The number of benzene rings is 5. The minimum Gasteiger partial charge on any atom is -0.493 e. The second-order valence-electron chi connectivity index (χ2n) is 15.1. The van der Waals surface area contributed by atoms with Crippen LogP contribution in [0.3, 0.4) is 0 Å². The van der Waals surface area contributed by atoms with Crippen molar-refractivity contribution in [2.75, 3.05) is 55.0 Å². The first-order valence-electron chi connectivity index (χ1n) is 20.5. The van der Waals surface area contributed by atoms with Crippen LogP contribution in [-0.4, -0.2) is 70.6 Å². The number of methoxy groups -OCH3 is 3. The molecule has 1 atom stereocenters. The topological polar surface area (TPSA) is 199 Å². The van der Waals surface area contributed by atoms with E-state index in [2.05, 4.69) is 26.4 Å². The molecule has 0 unspecified atom stereocenters. The second-order valence-corrected chi connectivity index (χ2v) is 15.1. The Morgan fingerprint density at radius 1 is 0.812 bits per heavy atom. The Kier molecular flexibility index (Phi) is 12.7. The Bertz CT molecular complexity index is 2670. The maximum absolute atomic E-state index is 14.1. The highest BCUT2D eigenvalue weighted by molar-refractivity contribution is 6.15. The number of nitrogens with zero attached hydrogens (tertiary/aromatic N) is 4. The van der Waals surface area contributed by atoms with E-state index in [1.165, 1.54) is 38.4 Å². The van der Waals surface area contributed by atoms with Crippen LogP contribution in [0.15, 0.2) is 101 Å². The molecule has 0 saturated heterocycles. The fraction of sp³-hybridized carbons (Fsp3) is 0.255. The summed E-state index contributed by atoms with van der Waals surface area (Å²) in [6.07, 6.45) is 2.12. The number of ether oxygens (including phenoxy) is 5. The predicted molar refractivity (Wildman–Crippen MR) is 236 cm³/mol. The zero-order valence-corrected chi connectivity index (χ0v) is 35.3. The number of hydrogen-bond acceptors (Lipinski definition) is 13. The number of carbonyl (C=O) groups is 5. The van der Waals surface area contributed by atoms with Crippen LogP contribution in [0, 0.1) is 0 Å². The van der Waals surface area contributed by atoms with Gasteiger partial charge in [-0.3, -0.25) is 39.7 Å². The summed E-state index contributed by atoms with van der Waals surface area (Å²) in [5, 5.41) is 10.9. The fourth-order valence-corrected chi connectivity index (χ4v) is 8.08. The van der Waals surface area contributed by atoms with Gasteiger partial charge >= 0.3 is 5.97 Å². The second kappa shape index (κ2) is 19.0. The number of fused-ring (bicyclic) bond motifs is 5. The summed E-state index contributed by atoms with van der Waals surface area (Å²) in [7, 11) is 4.29. The van der Waals surface area contributed by atoms with Crippen LogP contribution in [0.1, 0.15) is 55.8 Å². The smallest absolute Gasteiger partial charge is 0.305 e. The van der Waals surface area contributed by atoms with Gasteiger partial charge in [-0.05, 0) is 77.6 Å². The number of hydrazine groups is 1. The molecule has 3 heterocycles. The van der Waals surface area contributed by atoms with Gasteiger partial charge < -0.3 is 33.9 Å². The standard InChI is InChI=1S/C47H45N7O10/c1-60-40-21-33(46(58)53-16-14-30-9-4-6-11-37(30)53)35(50-49-27-55)23-42(40)63-25-28-17-29(19-32(18-28)48-15-8-13-44(56)62-3)26-64-43-24-36-34(22-41(43)61-2)47(59)54-38-12-7-5-10-31(38)20-39(54)45(57)52-51-36/h4-7,9-12,17-19,21-24,27,39,48,51H,8,13-16,20,25-26H2,1-3H3,(H,52,57)/t39-/m0/s1. The largest absolute Gasteiger partial charge is 0.493 e. The van der Waals surface area contributed by atoms with Gasteiger partial charge in [-0.25, -0.2) is 0 Å². The van der Waals surface area contributed by atoms with Gasteiger partial charge in [0, 0.05) is 55.1 Å². The summed E-state index contributed by atoms with van der Waals surface area (Å²) in [6, 6.07) is 26.3. The molecule has 5 aromatic rings. The maximum Gasteiger partial charge on any atom is 0.305 e. The molecule has 8 rings (SSSR count). The van der Waals surface area contributed by atoms with Crippen molar-refractivity contribution in [3.05, 3.63) is 124 Å². The molecule has 5 aromatic carbocycles. The van der Waals surface area contributed by atoms with Gasteiger partial charge in [0.15, 0.2) is 23.0 Å². The Hall–Kier alpha value is -7.95. The lowest BCUT2D eigenvalue weighted by Crippen LogP contribution is -2.51. The number of amides is 4. The van der Waals surface area contributed by atoms with E-state index < -0.39 is 6.04 Å². The van der Waals surface area contributed by atoms with Crippen LogP contribution in [0.2, 0.25) is 0 Å². The molecule has 4 amide bonds. The molecule has 0 fully saturated rings. The highest BCUT2D eigenvalue weighted by Gasteiger charge is 2.41. The van der Waals surface area contributed by atoms with Crippen molar-refractivity contribution in [3.63, 3.8) is 0 Å². The third kappa shape index (κ3) is 8.86. The van der Waals surface area contributed by atoms with Crippen molar-refractivity contribution in [2.24, 2.45) is 10.2 Å². The van der Waals surface area contributed by atoms with Crippen molar-refractivity contribution in [1.29, 1.82) is 0 Å². The van der Waals surface area contributed by atoms with E-state index in [4.69, 9.17) is 23.7 Å². The summed E-state index contributed by atoms with van der Waals surface area (Å²) in [5.74, 6) is -0.238. The SMILES string of the molecule is COC(=O)CCCNc1cc(COc2cc(N=NC=O)c(C(=O)N3CCc4ccccc43)cc2OC)cc(COc2cc3c(cc2OC)C(=O)N2c4ccccc4C[C@H]2C(=O)NN3)c1. The number of hydrogen-bond donors (Lipinski definition) is 3. The summed E-state index contributed by atoms with van der Waals surface area (Å²) >= 11 is 0. The first-order valence-corrected chi connectivity index (χ1v) is 20.5. The van der Waals surface area contributed by atoms with Gasteiger partial charge in [0.05, 0.1) is 38.1 Å². The van der Waals surface area contributed by atoms with E-state index in [1.54, 1.807) is 17.0 Å².